The second kappa shape index (κ2) is 5.88. The van der Waals surface area contributed by atoms with Crippen LogP contribution in [0.15, 0.2) is 28.5 Å². The van der Waals surface area contributed by atoms with Gasteiger partial charge in [0, 0.05) is 16.8 Å². The van der Waals surface area contributed by atoms with Crippen molar-refractivity contribution in [2.24, 2.45) is 0 Å². The quantitative estimate of drug-likeness (QED) is 0.903. The summed E-state index contributed by atoms with van der Waals surface area (Å²) in [6, 6.07) is 4.68. The van der Waals surface area contributed by atoms with Gasteiger partial charge in [-0.25, -0.2) is 13.2 Å². The van der Waals surface area contributed by atoms with E-state index in [1.165, 1.54) is 28.8 Å². The van der Waals surface area contributed by atoms with Gasteiger partial charge in [-0.3, -0.25) is 0 Å². The van der Waals surface area contributed by atoms with Gasteiger partial charge in [-0.05, 0) is 31.4 Å². The molecule has 0 amide bonds. The lowest BCUT2D eigenvalue weighted by Crippen LogP contribution is -2.29. The van der Waals surface area contributed by atoms with E-state index in [4.69, 9.17) is 5.11 Å². The number of thiophene rings is 2. The highest BCUT2D eigenvalue weighted by atomic mass is 32.2. The molecule has 0 radical (unpaired) electrons. The SMILES string of the molecule is Cc1sc(C(=O)O)cc1S(=O)(=O)N(C)C(C)c1cccs1. The molecule has 2 rings (SSSR count). The number of hydrogen-bond acceptors (Lipinski definition) is 5. The summed E-state index contributed by atoms with van der Waals surface area (Å²) in [5, 5.41) is 10.9. The van der Waals surface area contributed by atoms with E-state index < -0.39 is 16.0 Å². The lowest BCUT2D eigenvalue weighted by Gasteiger charge is -2.23. The summed E-state index contributed by atoms with van der Waals surface area (Å²) in [4.78, 5) is 12.5. The van der Waals surface area contributed by atoms with Crippen molar-refractivity contribution in [1.82, 2.24) is 4.31 Å². The Morgan fingerprint density at radius 1 is 1.43 bits per heavy atom. The minimum Gasteiger partial charge on any atom is -0.477 e. The Balaban J connectivity index is 2.40. The minimum absolute atomic E-state index is 0.0308. The highest BCUT2D eigenvalue weighted by Gasteiger charge is 2.30. The van der Waals surface area contributed by atoms with Gasteiger partial charge in [-0.1, -0.05) is 6.07 Å². The number of rotatable bonds is 5. The van der Waals surface area contributed by atoms with Crippen LogP contribution in [0.1, 0.15) is 32.4 Å². The smallest absolute Gasteiger partial charge is 0.345 e. The molecule has 21 heavy (non-hydrogen) atoms. The van der Waals surface area contributed by atoms with Gasteiger partial charge in [0.05, 0.1) is 10.9 Å². The molecule has 114 valence electrons. The van der Waals surface area contributed by atoms with Gasteiger partial charge in [0.25, 0.3) is 0 Å². The lowest BCUT2D eigenvalue weighted by atomic mass is 10.3. The van der Waals surface area contributed by atoms with Crippen molar-refractivity contribution < 1.29 is 18.3 Å². The molecule has 0 bridgehead atoms. The maximum Gasteiger partial charge on any atom is 0.345 e. The number of aryl methyl sites for hydroxylation is 1. The fraction of sp³-hybridized carbons (Fsp3) is 0.308. The molecule has 2 aromatic heterocycles. The second-order valence-electron chi connectivity index (χ2n) is 4.55. The lowest BCUT2D eigenvalue weighted by molar-refractivity contribution is 0.0702. The van der Waals surface area contributed by atoms with Crippen molar-refractivity contribution in [2.45, 2.75) is 24.8 Å². The van der Waals surface area contributed by atoms with E-state index in [1.54, 1.807) is 6.92 Å². The van der Waals surface area contributed by atoms with Gasteiger partial charge >= 0.3 is 5.97 Å². The van der Waals surface area contributed by atoms with E-state index in [2.05, 4.69) is 0 Å². The summed E-state index contributed by atoms with van der Waals surface area (Å²) in [5.41, 5.74) is 0. The standard InChI is InChI=1S/C13H15NO4S3/c1-8(10-5-4-6-19-10)14(3)21(17,18)12-7-11(13(15)16)20-9(12)2/h4-8H,1-3H3,(H,15,16). The maximum atomic E-state index is 12.7. The van der Waals surface area contributed by atoms with Crippen LogP contribution in [0.5, 0.6) is 0 Å². The first-order valence-electron chi connectivity index (χ1n) is 6.10. The Bertz CT molecular complexity index is 746. The molecule has 5 nitrogen and oxygen atoms in total. The number of sulfonamides is 1. The van der Waals surface area contributed by atoms with Crippen LogP contribution in [0.3, 0.4) is 0 Å². The third-order valence-electron chi connectivity index (χ3n) is 3.24. The van der Waals surface area contributed by atoms with Crippen LogP contribution in [-0.4, -0.2) is 30.8 Å². The Hall–Kier alpha value is -1.22. The van der Waals surface area contributed by atoms with Crippen LogP contribution in [0.2, 0.25) is 0 Å². The Morgan fingerprint density at radius 2 is 2.10 bits per heavy atom. The summed E-state index contributed by atoms with van der Waals surface area (Å²) in [5.74, 6) is -1.11. The number of carboxylic acid groups (broad SMARTS) is 1. The molecule has 0 saturated heterocycles. The van der Waals surface area contributed by atoms with Crippen molar-refractivity contribution in [2.75, 3.05) is 7.05 Å². The van der Waals surface area contributed by atoms with Gasteiger partial charge < -0.3 is 5.11 Å². The normalized spacial score (nSPS) is 13.5. The first-order valence-corrected chi connectivity index (χ1v) is 9.24. The Kier molecular flexibility index (Phi) is 4.52. The van der Waals surface area contributed by atoms with Gasteiger partial charge in [0.1, 0.15) is 4.88 Å². The number of carboxylic acids is 1. The van der Waals surface area contributed by atoms with Crippen LogP contribution >= 0.6 is 22.7 Å². The van der Waals surface area contributed by atoms with E-state index in [-0.39, 0.29) is 15.8 Å². The van der Waals surface area contributed by atoms with Gasteiger partial charge in [0.2, 0.25) is 10.0 Å². The summed E-state index contributed by atoms with van der Waals surface area (Å²) in [7, 11) is -2.21. The Labute approximate surface area is 131 Å². The summed E-state index contributed by atoms with van der Waals surface area (Å²) < 4.78 is 26.6. The molecule has 0 spiro atoms. The molecule has 1 N–H and O–H groups in total. The first-order chi connectivity index (χ1) is 9.75. The van der Waals surface area contributed by atoms with Gasteiger partial charge in [0.15, 0.2) is 0 Å². The van der Waals surface area contributed by atoms with Crippen molar-refractivity contribution in [3.05, 3.63) is 38.2 Å². The zero-order valence-corrected chi connectivity index (χ0v) is 14.2. The molecular weight excluding hydrogens is 330 g/mol. The van der Waals surface area contributed by atoms with Crippen molar-refractivity contribution in [1.29, 1.82) is 0 Å². The largest absolute Gasteiger partial charge is 0.477 e. The van der Waals surface area contributed by atoms with E-state index in [0.29, 0.717) is 4.88 Å². The summed E-state index contributed by atoms with van der Waals surface area (Å²) >= 11 is 2.46. The number of carbonyl (C=O) groups is 1. The predicted octanol–water partition coefficient (Wildman–Crippen LogP) is 3.20. The predicted molar refractivity (Wildman–Crippen MR) is 83.7 cm³/mol. The van der Waals surface area contributed by atoms with Crippen LogP contribution in [0.25, 0.3) is 0 Å². The molecule has 1 unspecified atom stereocenters. The number of hydrogen-bond donors (Lipinski definition) is 1. The molecule has 1 atom stereocenters. The van der Waals surface area contributed by atoms with Crippen molar-refractivity contribution >= 4 is 38.7 Å². The molecule has 0 fully saturated rings. The highest BCUT2D eigenvalue weighted by Crippen LogP contribution is 2.32. The average Bonchev–Trinajstić information content (AvgIpc) is 3.05. The van der Waals surface area contributed by atoms with E-state index >= 15 is 0 Å². The first kappa shape index (κ1) is 16.2. The third-order valence-corrected chi connectivity index (χ3v) is 7.51. The third kappa shape index (κ3) is 3.03. The number of nitrogens with zero attached hydrogens (tertiary/aromatic N) is 1. The van der Waals surface area contributed by atoms with E-state index in [0.717, 1.165) is 16.2 Å². The fourth-order valence-electron chi connectivity index (χ4n) is 1.90. The average molecular weight is 345 g/mol. The monoisotopic (exact) mass is 345 g/mol. The topological polar surface area (TPSA) is 74.7 Å². The number of aromatic carboxylic acids is 1. The highest BCUT2D eigenvalue weighted by molar-refractivity contribution is 7.89. The van der Waals surface area contributed by atoms with Crippen LogP contribution < -0.4 is 0 Å². The van der Waals surface area contributed by atoms with E-state index in [9.17, 15) is 13.2 Å². The van der Waals surface area contributed by atoms with Gasteiger partial charge in [-0.15, -0.1) is 22.7 Å². The van der Waals surface area contributed by atoms with Crippen molar-refractivity contribution in [3.8, 4) is 0 Å². The molecule has 2 heterocycles. The molecule has 0 saturated carbocycles. The molecule has 2 aromatic rings. The minimum atomic E-state index is -3.72. The second-order valence-corrected chi connectivity index (χ2v) is 8.75. The molecule has 0 aliphatic heterocycles. The van der Waals surface area contributed by atoms with Gasteiger partial charge in [-0.2, -0.15) is 4.31 Å². The maximum absolute atomic E-state index is 12.7. The van der Waals surface area contributed by atoms with Crippen molar-refractivity contribution in [3.63, 3.8) is 0 Å². The molecular formula is C13H15NO4S3. The summed E-state index contributed by atoms with van der Waals surface area (Å²) in [6.45, 7) is 3.43. The molecule has 8 heteroatoms. The molecule has 0 aromatic carbocycles. The zero-order valence-electron chi connectivity index (χ0n) is 11.7. The summed E-state index contributed by atoms with van der Waals surface area (Å²) in [6.07, 6.45) is 0. The molecule has 0 aliphatic rings. The van der Waals surface area contributed by atoms with Crippen LogP contribution in [-0.2, 0) is 10.0 Å². The van der Waals surface area contributed by atoms with Crippen LogP contribution in [0.4, 0.5) is 0 Å². The fourth-order valence-corrected chi connectivity index (χ4v) is 5.53. The van der Waals surface area contributed by atoms with E-state index in [1.807, 2.05) is 24.4 Å². The van der Waals surface area contributed by atoms with Crippen LogP contribution in [0, 0.1) is 6.92 Å². The Morgan fingerprint density at radius 3 is 2.57 bits per heavy atom. The molecule has 0 aliphatic carbocycles. The zero-order chi connectivity index (χ0) is 15.8.